The molecule has 6 N–H and O–H groups in total. The summed E-state index contributed by atoms with van der Waals surface area (Å²) < 4.78 is 11.7. The summed E-state index contributed by atoms with van der Waals surface area (Å²) in [6.07, 6.45) is 0. The third-order valence-electron chi connectivity index (χ3n) is 3.04. The molecule has 0 saturated carbocycles. The summed E-state index contributed by atoms with van der Waals surface area (Å²) in [5, 5.41) is 57.1. The van der Waals surface area contributed by atoms with E-state index in [0.717, 1.165) is 24.3 Å². The molecule has 0 spiro atoms. The van der Waals surface area contributed by atoms with E-state index in [1.54, 1.807) is 0 Å². The van der Waals surface area contributed by atoms with Crippen LogP contribution in [-0.2, 0) is 10.8 Å². The average Bonchev–Trinajstić information content (AvgIpc) is 2.56. The Balaban J connectivity index is 2.42. The molecule has 24 heavy (non-hydrogen) atoms. The van der Waals surface area contributed by atoms with Crippen LogP contribution in [0.1, 0.15) is 11.1 Å². The summed E-state index contributed by atoms with van der Waals surface area (Å²) >= 11 is 9.96. The van der Waals surface area contributed by atoms with Crippen LogP contribution in [0, 0.1) is 0 Å². The van der Waals surface area contributed by atoms with E-state index in [-0.39, 0.29) is 19.5 Å². The predicted octanol–water partition coefficient (Wildman–Crippen LogP) is 1.72. The zero-order chi connectivity index (χ0) is 18.2. The lowest BCUT2D eigenvalue weighted by Gasteiger charge is -2.11. The molecule has 0 bridgehead atoms. The van der Waals surface area contributed by atoms with Crippen LogP contribution >= 0.6 is 24.4 Å². The summed E-state index contributed by atoms with van der Waals surface area (Å²) in [5.41, 5.74) is -0.382. The molecule has 0 radical (unpaired) electrons. The summed E-state index contributed by atoms with van der Waals surface area (Å²) in [4.78, 5) is 0. The minimum absolute atomic E-state index is 0.191. The molecule has 0 fully saturated rings. The van der Waals surface area contributed by atoms with Gasteiger partial charge in [-0.05, 0) is 24.3 Å². The zero-order valence-corrected chi connectivity index (χ0v) is 14.1. The zero-order valence-electron chi connectivity index (χ0n) is 11.6. The molecule has 10 heteroatoms. The van der Waals surface area contributed by atoms with E-state index in [0.29, 0.717) is 0 Å². The third-order valence-corrected chi connectivity index (χ3v) is 5.50. The second-order valence-corrected chi connectivity index (χ2v) is 7.19. The number of rotatable bonds is 2. The standard InChI is InChI=1S/C14H10O7S3/c15-7-3-1-5(9(17)11(7)19)13(22)24(21)14(23)6-2-4-8(16)12(20)10(6)18/h1-4,15-20H. The van der Waals surface area contributed by atoms with Crippen molar-refractivity contribution in [3.05, 3.63) is 35.4 Å². The Morgan fingerprint density at radius 3 is 1.33 bits per heavy atom. The molecule has 2 aromatic rings. The van der Waals surface area contributed by atoms with Crippen molar-refractivity contribution in [3.8, 4) is 34.5 Å². The van der Waals surface area contributed by atoms with Crippen molar-refractivity contribution in [3.63, 3.8) is 0 Å². The quantitative estimate of drug-likeness (QED) is 0.336. The first-order chi connectivity index (χ1) is 11.2. The van der Waals surface area contributed by atoms with Crippen molar-refractivity contribution in [2.24, 2.45) is 0 Å². The van der Waals surface area contributed by atoms with Crippen molar-refractivity contribution in [1.82, 2.24) is 0 Å². The van der Waals surface area contributed by atoms with Crippen molar-refractivity contribution in [1.29, 1.82) is 0 Å². The molecule has 0 heterocycles. The highest BCUT2D eigenvalue weighted by molar-refractivity contribution is 8.29. The second kappa shape index (κ2) is 6.59. The van der Waals surface area contributed by atoms with Gasteiger partial charge in [-0.25, -0.2) is 4.21 Å². The van der Waals surface area contributed by atoms with Gasteiger partial charge in [0.05, 0.1) is 0 Å². The SMILES string of the molecule is O=S(C(=S)c1ccc(O)c(O)c1O)C(=S)c1ccc(O)c(O)c1O. The lowest BCUT2D eigenvalue weighted by atomic mass is 10.2. The molecule has 0 unspecified atom stereocenters. The molecule has 2 rings (SSSR count). The van der Waals surface area contributed by atoms with Gasteiger partial charge in [0.2, 0.25) is 11.5 Å². The molecule has 0 aliphatic rings. The number of phenols is 6. The van der Waals surface area contributed by atoms with E-state index in [4.69, 9.17) is 24.4 Å². The van der Waals surface area contributed by atoms with E-state index in [2.05, 4.69) is 0 Å². The minimum atomic E-state index is -2.20. The molecule has 0 atom stereocenters. The first kappa shape index (κ1) is 17.9. The Morgan fingerprint density at radius 1 is 0.667 bits per heavy atom. The van der Waals surface area contributed by atoms with Gasteiger partial charge in [-0.15, -0.1) is 0 Å². The van der Waals surface area contributed by atoms with Gasteiger partial charge in [-0.1, -0.05) is 24.4 Å². The Labute approximate surface area is 148 Å². The van der Waals surface area contributed by atoms with Crippen LogP contribution in [0.2, 0.25) is 0 Å². The van der Waals surface area contributed by atoms with Crippen molar-refractivity contribution in [2.45, 2.75) is 0 Å². The van der Waals surface area contributed by atoms with E-state index in [9.17, 15) is 34.8 Å². The largest absolute Gasteiger partial charge is 0.504 e. The maximum Gasteiger partial charge on any atom is 0.200 e. The van der Waals surface area contributed by atoms with Crippen molar-refractivity contribution >= 4 is 43.6 Å². The highest BCUT2D eigenvalue weighted by atomic mass is 32.2. The maximum absolute atomic E-state index is 12.5. The van der Waals surface area contributed by atoms with Gasteiger partial charge in [0.15, 0.2) is 23.0 Å². The first-order valence-corrected chi connectivity index (χ1v) is 8.11. The Bertz CT molecular complexity index is 821. The van der Waals surface area contributed by atoms with E-state index in [1.165, 1.54) is 0 Å². The fourth-order valence-electron chi connectivity index (χ4n) is 1.75. The fourth-order valence-corrected chi connectivity index (χ4v) is 3.64. The topological polar surface area (TPSA) is 138 Å². The molecule has 0 aliphatic heterocycles. The van der Waals surface area contributed by atoms with E-state index < -0.39 is 45.3 Å². The van der Waals surface area contributed by atoms with E-state index in [1.807, 2.05) is 0 Å². The Morgan fingerprint density at radius 2 is 1.00 bits per heavy atom. The Hall–Kier alpha value is -2.43. The van der Waals surface area contributed by atoms with Crippen molar-refractivity contribution in [2.75, 3.05) is 0 Å². The molecule has 0 amide bonds. The summed E-state index contributed by atoms with van der Waals surface area (Å²) in [6, 6.07) is 4.37. The van der Waals surface area contributed by atoms with Gasteiger partial charge in [0, 0.05) is 11.1 Å². The Kier molecular flexibility index (Phi) is 4.92. The molecule has 0 aromatic heterocycles. The van der Waals surface area contributed by atoms with Gasteiger partial charge in [0.1, 0.15) is 19.2 Å². The summed E-state index contributed by atoms with van der Waals surface area (Å²) in [7, 11) is -2.20. The van der Waals surface area contributed by atoms with Crippen LogP contribution in [0.15, 0.2) is 24.3 Å². The van der Waals surface area contributed by atoms with Crippen LogP contribution in [0.3, 0.4) is 0 Å². The third kappa shape index (κ3) is 2.98. The molecule has 0 saturated heterocycles. The van der Waals surface area contributed by atoms with Gasteiger partial charge < -0.3 is 30.6 Å². The smallest absolute Gasteiger partial charge is 0.200 e. The molecule has 7 nitrogen and oxygen atoms in total. The van der Waals surface area contributed by atoms with Crippen LogP contribution in [0.4, 0.5) is 0 Å². The molecular weight excluding hydrogens is 376 g/mol. The van der Waals surface area contributed by atoms with Crippen LogP contribution < -0.4 is 0 Å². The maximum atomic E-state index is 12.5. The number of aromatic hydroxyl groups is 6. The highest BCUT2D eigenvalue weighted by Gasteiger charge is 2.25. The number of hydrogen-bond donors (Lipinski definition) is 6. The first-order valence-electron chi connectivity index (χ1n) is 6.15. The number of benzene rings is 2. The summed E-state index contributed by atoms with van der Waals surface area (Å²) in [5.74, 6) is -4.38. The van der Waals surface area contributed by atoms with Crippen molar-refractivity contribution < 1.29 is 34.8 Å². The molecule has 126 valence electrons. The van der Waals surface area contributed by atoms with Gasteiger partial charge >= 0.3 is 0 Å². The lowest BCUT2D eigenvalue weighted by Crippen LogP contribution is -2.16. The summed E-state index contributed by atoms with van der Waals surface area (Å²) in [6.45, 7) is 0. The monoisotopic (exact) mass is 386 g/mol. The van der Waals surface area contributed by atoms with Crippen LogP contribution in [0.25, 0.3) is 0 Å². The highest BCUT2D eigenvalue weighted by Crippen LogP contribution is 2.40. The van der Waals surface area contributed by atoms with Gasteiger partial charge in [-0.2, -0.15) is 0 Å². The molecule has 0 aliphatic carbocycles. The average molecular weight is 386 g/mol. The number of thiocarbonyl (C=S) groups is 2. The molecular formula is C14H10O7S3. The lowest BCUT2D eigenvalue weighted by molar-refractivity contribution is 0.367. The van der Waals surface area contributed by atoms with Gasteiger partial charge in [0.25, 0.3) is 0 Å². The molecule has 2 aromatic carbocycles. The normalized spacial score (nSPS) is 10.7. The minimum Gasteiger partial charge on any atom is -0.504 e. The van der Waals surface area contributed by atoms with E-state index >= 15 is 0 Å². The van der Waals surface area contributed by atoms with Crippen LogP contribution in [0.5, 0.6) is 34.5 Å². The van der Waals surface area contributed by atoms with Gasteiger partial charge in [-0.3, -0.25) is 0 Å². The number of hydrogen-bond acceptors (Lipinski definition) is 9. The predicted molar refractivity (Wildman–Crippen MR) is 94.4 cm³/mol. The second-order valence-electron chi connectivity index (χ2n) is 4.50. The fraction of sp³-hybridized carbons (Fsp3) is 0. The van der Waals surface area contributed by atoms with Crippen LogP contribution in [-0.4, -0.2) is 43.2 Å². The number of phenolic OH excluding ortho intramolecular Hbond substituents is 6.